The number of carbonyl (C=O) groups is 2. The van der Waals surface area contributed by atoms with Gasteiger partial charge in [-0.05, 0) is 18.6 Å². The Morgan fingerprint density at radius 1 is 1.16 bits per heavy atom. The number of nitrogens with zero attached hydrogens (tertiary/aromatic N) is 2. The van der Waals surface area contributed by atoms with Crippen LogP contribution in [-0.4, -0.2) is 69.3 Å². The van der Waals surface area contributed by atoms with Gasteiger partial charge in [0.2, 0.25) is 5.91 Å². The van der Waals surface area contributed by atoms with Crippen LogP contribution in [0.4, 0.5) is 5.69 Å². The molecule has 0 radical (unpaired) electrons. The number of anilines is 1. The molecule has 0 saturated carbocycles. The molecule has 2 aliphatic rings. The lowest BCUT2D eigenvalue weighted by atomic mass is 10.2. The Bertz CT molecular complexity index is 602. The average Bonchev–Trinajstić information content (AvgIpc) is 2.64. The number of rotatable bonds is 7. The number of morpholine rings is 1. The van der Waals surface area contributed by atoms with Crippen LogP contribution in [0.15, 0.2) is 24.3 Å². The fraction of sp³-hybridized carbons (Fsp3) is 0.556. The fourth-order valence-electron chi connectivity index (χ4n) is 3.06. The lowest BCUT2D eigenvalue weighted by Gasteiger charge is -2.29. The first kappa shape index (κ1) is 17.7. The second-order valence-corrected chi connectivity index (χ2v) is 6.21. The van der Waals surface area contributed by atoms with Crippen LogP contribution in [0.1, 0.15) is 12.8 Å². The minimum absolute atomic E-state index is 0.0299. The topological polar surface area (TPSA) is 71.1 Å². The van der Waals surface area contributed by atoms with E-state index in [1.165, 1.54) is 0 Å². The van der Waals surface area contributed by atoms with Crippen LogP contribution in [0.25, 0.3) is 0 Å². The largest absolute Gasteiger partial charge is 0.482 e. The molecule has 2 heterocycles. The molecule has 7 nitrogen and oxygen atoms in total. The molecule has 1 aromatic carbocycles. The molecule has 1 fully saturated rings. The van der Waals surface area contributed by atoms with Crippen molar-refractivity contribution in [2.75, 3.05) is 57.4 Å². The zero-order chi connectivity index (χ0) is 17.5. The van der Waals surface area contributed by atoms with Gasteiger partial charge in [0.05, 0.1) is 18.9 Å². The highest BCUT2D eigenvalue weighted by Gasteiger charge is 2.24. The van der Waals surface area contributed by atoms with E-state index < -0.39 is 0 Å². The maximum absolute atomic E-state index is 12.1. The van der Waals surface area contributed by atoms with Crippen molar-refractivity contribution in [1.82, 2.24) is 10.2 Å². The van der Waals surface area contributed by atoms with Crippen molar-refractivity contribution in [2.45, 2.75) is 12.8 Å². The summed E-state index contributed by atoms with van der Waals surface area (Å²) in [5.74, 6) is 0.686. The lowest BCUT2D eigenvalue weighted by molar-refractivity contribution is -0.122. The van der Waals surface area contributed by atoms with Crippen LogP contribution < -0.4 is 15.0 Å². The first-order chi connectivity index (χ1) is 12.2. The first-order valence-electron chi connectivity index (χ1n) is 8.83. The smallest absolute Gasteiger partial charge is 0.265 e. The maximum atomic E-state index is 12.1. The van der Waals surface area contributed by atoms with Gasteiger partial charge in [0.15, 0.2) is 6.61 Å². The number of fused-ring (bicyclic) bond motifs is 1. The van der Waals surface area contributed by atoms with Gasteiger partial charge in [-0.1, -0.05) is 12.1 Å². The Morgan fingerprint density at radius 2 is 1.96 bits per heavy atom. The van der Waals surface area contributed by atoms with E-state index >= 15 is 0 Å². The van der Waals surface area contributed by atoms with Crippen molar-refractivity contribution < 1.29 is 19.1 Å². The van der Waals surface area contributed by atoms with Gasteiger partial charge in [0, 0.05) is 39.1 Å². The molecule has 0 aromatic heterocycles. The number of hydrogen-bond acceptors (Lipinski definition) is 5. The third-order valence-electron chi connectivity index (χ3n) is 4.45. The van der Waals surface area contributed by atoms with E-state index in [0.29, 0.717) is 25.9 Å². The van der Waals surface area contributed by atoms with Crippen molar-refractivity contribution >= 4 is 17.5 Å². The predicted octanol–water partition coefficient (Wildman–Crippen LogP) is 0.641. The molecular weight excluding hydrogens is 322 g/mol. The SMILES string of the molecule is O=C(CCCN1C(=O)COc2ccccc21)NCCN1CCOCC1. The summed E-state index contributed by atoms with van der Waals surface area (Å²) < 4.78 is 10.7. The normalized spacial score (nSPS) is 17.8. The van der Waals surface area contributed by atoms with Crippen molar-refractivity contribution in [1.29, 1.82) is 0 Å². The van der Waals surface area contributed by atoms with Gasteiger partial charge in [-0.3, -0.25) is 14.5 Å². The molecule has 1 saturated heterocycles. The van der Waals surface area contributed by atoms with Gasteiger partial charge in [0.25, 0.3) is 5.91 Å². The van der Waals surface area contributed by atoms with Gasteiger partial charge in [0.1, 0.15) is 5.75 Å². The zero-order valence-corrected chi connectivity index (χ0v) is 14.4. The van der Waals surface area contributed by atoms with Crippen molar-refractivity contribution in [3.8, 4) is 5.75 Å². The van der Waals surface area contributed by atoms with Crippen molar-refractivity contribution in [2.24, 2.45) is 0 Å². The third kappa shape index (κ3) is 4.93. The molecule has 1 N–H and O–H groups in total. The number of carbonyl (C=O) groups excluding carboxylic acids is 2. The monoisotopic (exact) mass is 347 g/mol. The van der Waals surface area contributed by atoms with E-state index in [4.69, 9.17) is 9.47 Å². The Labute approximate surface area is 147 Å². The number of nitrogens with one attached hydrogen (secondary N) is 1. The summed E-state index contributed by atoms with van der Waals surface area (Å²) in [5.41, 5.74) is 0.784. The first-order valence-corrected chi connectivity index (χ1v) is 8.83. The number of amides is 2. The Morgan fingerprint density at radius 3 is 2.80 bits per heavy atom. The highest BCUT2D eigenvalue weighted by atomic mass is 16.5. The van der Waals surface area contributed by atoms with Crippen molar-refractivity contribution in [3.05, 3.63) is 24.3 Å². The number of para-hydroxylation sites is 2. The summed E-state index contributed by atoms with van der Waals surface area (Å²) in [6.07, 6.45) is 1.04. The molecule has 25 heavy (non-hydrogen) atoms. The number of benzene rings is 1. The predicted molar refractivity (Wildman–Crippen MR) is 93.8 cm³/mol. The van der Waals surface area contributed by atoms with Crippen LogP contribution in [0.5, 0.6) is 5.75 Å². The summed E-state index contributed by atoms with van der Waals surface area (Å²) in [7, 11) is 0. The summed E-state index contributed by atoms with van der Waals surface area (Å²) in [6.45, 7) is 5.47. The van der Waals surface area contributed by atoms with Gasteiger partial charge in [-0.2, -0.15) is 0 Å². The summed E-state index contributed by atoms with van der Waals surface area (Å²) in [4.78, 5) is 28.0. The molecule has 0 bridgehead atoms. The molecule has 7 heteroatoms. The van der Waals surface area contributed by atoms with Crippen LogP contribution >= 0.6 is 0 Å². The minimum atomic E-state index is -0.0635. The van der Waals surface area contributed by atoms with E-state index in [-0.39, 0.29) is 18.4 Å². The second-order valence-electron chi connectivity index (χ2n) is 6.21. The highest BCUT2D eigenvalue weighted by molar-refractivity contribution is 5.97. The Balaban J connectivity index is 1.37. The number of ether oxygens (including phenoxy) is 2. The summed E-state index contributed by atoms with van der Waals surface area (Å²) in [5, 5.41) is 2.95. The van der Waals surface area contributed by atoms with Crippen LogP contribution in [0.3, 0.4) is 0 Å². The van der Waals surface area contributed by atoms with E-state index in [9.17, 15) is 9.59 Å². The molecule has 0 atom stereocenters. The maximum Gasteiger partial charge on any atom is 0.265 e. The van der Waals surface area contributed by atoms with Gasteiger partial charge >= 0.3 is 0 Å². The standard InChI is InChI=1S/C18H25N3O4/c22-17(19-7-9-20-10-12-24-13-11-20)6-3-8-21-15-4-1-2-5-16(15)25-14-18(21)23/h1-2,4-5H,3,6-14H2,(H,19,22). The van der Waals surface area contributed by atoms with E-state index in [2.05, 4.69) is 10.2 Å². The molecule has 2 aliphatic heterocycles. The van der Waals surface area contributed by atoms with E-state index in [1.54, 1.807) is 4.90 Å². The molecule has 136 valence electrons. The minimum Gasteiger partial charge on any atom is -0.482 e. The Kier molecular flexibility index (Phi) is 6.25. The van der Waals surface area contributed by atoms with Gasteiger partial charge < -0.3 is 19.7 Å². The molecular formula is C18H25N3O4. The summed E-state index contributed by atoms with van der Waals surface area (Å²) >= 11 is 0. The Hall–Kier alpha value is -2.12. The summed E-state index contributed by atoms with van der Waals surface area (Å²) in [6, 6.07) is 7.49. The second kappa shape index (κ2) is 8.82. The average molecular weight is 347 g/mol. The van der Waals surface area contributed by atoms with Gasteiger partial charge in [-0.25, -0.2) is 0 Å². The molecule has 3 rings (SSSR count). The van der Waals surface area contributed by atoms with Gasteiger partial charge in [-0.15, -0.1) is 0 Å². The molecule has 0 aliphatic carbocycles. The zero-order valence-electron chi connectivity index (χ0n) is 14.4. The van der Waals surface area contributed by atoms with Crippen LogP contribution in [0, 0.1) is 0 Å². The fourth-order valence-corrected chi connectivity index (χ4v) is 3.06. The van der Waals surface area contributed by atoms with Crippen LogP contribution in [-0.2, 0) is 14.3 Å². The van der Waals surface area contributed by atoms with E-state index in [1.807, 2.05) is 24.3 Å². The molecule has 1 aromatic rings. The van der Waals surface area contributed by atoms with Crippen molar-refractivity contribution in [3.63, 3.8) is 0 Å². The highest BCUT2D eigenvalue weighted by Crippen LogP contribution is 2.31. The van der Waals surface area contributed by atoms with E-state index in [0.717, 1.165) is 44.3 Å². The third-order valence-corrected chi connectivity index (χ3v) is 4.45. The molecule has 0 unspecified atom stereocenters. The van der Waals surface area contributed by atoms with Crippen LogP contribution in [0.2, 0.25) is 0 Å². The molecule has 2 amide bonds. The molecule has 0 spiro atoms. The quantitative estimate of drug-likeness (QED) is 0.784. The lowest BCUT2D eigenvalue weighted by Crippen LogP contribution is -2.41. The number of hydrogen-bond donors (Lipinski definition) is 1.